The molecule has 0 spiro atoms. The summed E-state index contributed by atoms with van der Waals surface area (Å²) >= 11 is 0. The highest BCUT2D eigenvalue weighted by Gasteiger charge is 2.60. The van der Waals surface area contributed by atoms with Crippen molar-refractivity contribution in [1.29, 1.82) is 0 Å². The van der Waals surface area contributed by atoms with Gasteiger partial charge in [-0.25, -0.2) is 8.42 Å². The number of amides is 1. The monoisotopic (exact) mass is 524 g/mol. The number of nitrogens with one attached hydrogen (secondary N) is 2. The predicted molar refractivity (Wildman–Crippen MR) is 132 cm³/mol. The summed E-state index contributed by atoms with van der Waals surface area (Å²) in [5, 5.41) is 14.4. The third-order valence-corrected chi connectivity index (χ3v) is 9.80. The fourth-order valence-corrected chi connectivity index (χ4v) is 8.21. The number of hydrogen-bond acceptors (Lipinski definition) is 7. The molecule has 0 radical (unpaired) electrons. The molecular weight excluding hydrogens is 492 g/mol. The Kier molecular flexibility index (Phi) is 5.92. The number of nitrogens with zero attached hydrogens (tertiary/aromatic N) is 2. The molecule has 2 heterocycles. The molecule has 6 atom stereocenters. The molecule has 1 aromatic rings. The van der Waals surface area contributed by atoms with Crippen molar-refractivity contribution in [2.45, 2.75) is 56.6 Å². The second kappa shape index (κ2) is 8.45. The first kappa shape index (κ1) is 24.5. The van der Waals surface area contributed by atoms with Gasteiger partial charge in [-0.15, -0.1) is 4.40 Å². The highest BCUT2D eigenvalue weighted by Crippen LogP contribution is 2.55. The fraction of sp³-hybridized carbons (Fsp3) is 0.652. The lowest BCUT2D eigenvalue weighted by Crippen LogP contribution is -2.63. The lowest BCUT2D eigenvalue weighted by atomic mass is 9.72. The van der Waals surface area contributed by atoms with Crippen LogP contribution in [0.15, 0.2) is 27.5 Å². The van der Waals surface area contributed by atoms with Gasteiger partial charge >= 0.3 is 0 Å². The third-order valence-electron chi connectivity index (χ3n) is 7.87. The van der Waals surface area contributed by atoms with E-state index in [0.717, 1.165) is 31.9 Å². The van der Waals surface area contributed by atoms with Gasteiger partial charge in [0.25, 0.3) is 10.0 Å². The van der Waals surface area contributed by atoms with Crippen molar-refractivity contribution in [3.63, 3.8) is 0 Å². The van der Waals surface area contributed by atoms with E-state index in [9.17, 15) is 26.7 Å². The Morgan fingerprint density at radius 3 is 2.66 bits per heavy atom. The molecule has 10 nitrogen and oxygen atoms in total. The molecule has 3 N–H and O–H groups in total. The summed E-state index contributed by atoms with van der Waals surface area (Å²) in [7, 11) is -7.83. The molecule has 35 heavy (non-hydrogen) atoms. The summed E-state index contributed by atoms with van der Waals surface area (Å²) in [6, 6.07) is 4.06. The number of benzene rings is 1. The van der Waals surface area contributed by atoms with E-state index < -0.39 is 32.1 Å². The van der Waals surface area contributed by atoms with Crippen LogP contribution < -0.4 is 10.0 Å². The molecule has 5 rings (SSSR count). The van der Waals surface area contributed by atoms with Crippen LogP contribution in [0.5, 0.6) is 0 Å². The summed E-state index contributed by atoms with van der Waals surface area (Å²) < 4.78 is 55.5. The largest absolute Gasteiger partial charge is 0.391 e. The minimum atomic E-state index is -4.23. The van der Waals surface area contributed by atoms with E-state index in [1.54, 1.807) is 0 Å². The Balaban J connectivity index is 1.50. The summed E-state index contributed by atoms with van der Waals surface area (Å²) in [5.74, 6) is -0.463. The molecule has 1 aromatic carbocycles. The van der Waals surface area contributed by atoms with Crippen LogP contribution in [-0.4, -0.2) is 63.5 Å². The molecule has 2 bridgehead atoms. The second-order valence-electron chi connectivity index (χ2n) is 10.7. The van der Waals surface area contributed by atoms with E-state index in [1.165, 1.54) is 18.2 Å². The zero-order chi connectivity index (χ0) is 25.3. The van der Waals surface area contributed by atoms with Gasteiger partial charge in [0.2, 0.25) is 15.9 Å². The maximum atomic E-state index is 13.8. The Bertz CT molecular complexity index is 1290. The van der Waals surface area contributed by atoms with E-state index in [-0.39, 0.29) is 40.0 Å². The van der Waals surface area contributed by atoms with Crippen molar-refractivity contribution in [2.24, 2.45) is 34.0 Å². The molecule has 2 aliphatic heterocycles. The number of rotatable bonds is 6. The minimum absolute atomic E-state index is 0.0102. The van der Waals surface area contributed by atoms with Gasteiger partial charge in [0, 0.05) is 24.2 Å². The van der Waals surface area contributed by atoms with Crippen LogP contribution in [0.1, 0.15) is 39.5 Å². The van der Waals surface area contributed by atoms with Crippen LogP contribution in [0.25, 0.3) is 0 Å². The zero-order valence-electron chi connectivity index (χ0n) is 20.0. The number of carbonyl (C=O) groups is 1. The Morgan fingerprint density at radius 2 is 1.97 bits per heavy atom. The molecule has 2 aliphatic carbocycles. The van der Waals surface area contributed by atoms with Gasteiger partial charge < -0.3 is 15.3 Å². The van der Waals surface area contributed by atoms with E-state index in [1.807, 2.05) is 4.90 Å². The number of amidine groups is 1. The van der Waals surface area contributed by atoms with Crippen molar-refractivity contribution in [2.75, 3.05) is 22.8 Å². The second-order valence-corrected chi connectivity index (χ2v) is 14.1. The Morgan fingerprint density at radius 1 is 1.26 bits per heavy atom. The van der Waals surface area contributed by atoms with Crippen LogP contribution in [0, 0.1) is 29.6 Å². The summed E-state index contributed by atoms with van der Waals surface area (Å²) in [6.45, 7) is 4.77. The van der Waals surface area contributed by atoms with Gasteiger partial charge in [0.05, 0.1) is 18.0 Å². The predicted octanol–water partition coefficient (Wildman–Crippen LogP) is 1.85. The molecule has 3 fully saturated rings. The SMILES string of the molecule is CC(C)CCN1C(=O)C(C2=NS(=O)(=O)c3cc(NS(C)(=O)=O)ccc3N2)C(O)[C@@H]2[C@H]3CC[C@H](C3)[C@@H]21. The summed E-state index contributed by atoms with van der Waals surface area (Å²) in [4.78, 5) is 15.5. The molecule has 1 saturated heterocycles. The average Bonchev–Trinajstić information content (AvgIpc) is 3.35. The Labute approximate surface area is 206 Å². The average molecular weight is 525 g/mol. The molecule has 0 aromatic heterocycles. The van der Waals surface area contributed by atoms with Gasteiger partial charge in [-0.2, -0.15) is 8.42 Å². The fourth-order valence-electron chi connectivity index (χ4n) is 6.47. The summed E-state index contributed by atoms with van der Waals surface area (Å²) in [6.07, 6.45) is 3.83. The first-order valence-electron chi connectivity index (χ1n) is 12.1. The van der Waals surface area contributed by atoms with E-state index in [4.69, 9.17) is 0 Å². The van der Waals surface area contributed by atoms with E-state index >= 15 is 0 Å². The van der Waals surface area contributed by atoms with Gasteiger partial charge in [-0.1, -0.05) is 13.8 Å². The maximum Gasteiger partial charge on any atom is 0.286 e. The number of sulfonamides is 2. The number of anilines is 2. The molecule has 192 valence electrons. The smallest absolute Gasteiger partial charge is 0.286 e. The Hall–Kier alpha value is -2.18. The van der Waals surface area contributed by atoms with Crippen LogP contribution in [-0.2, 0) is 24.8 Å². The number of aliphatic hydroxyl groups excluding tert-OH is 1. The molecular formula is C23H32N4O6S2. The topological polar surface area (TPSA) is 145 Å². The zero-order valence-corrected chi connectivity index (χ0v) is 21.6. The van der Waals surface area contributed by atoms with Crippen molar-refractivity contribution in [3.8, 4) is 0 Å². The lowest BCUT2D eigenvalue weighted by Gasteiger charge is -2.49. The van der Waals surface area contributed by atoms with E-state index in [0.29, 0.717) is 24.3 Å². The number of piperidine rings is 1. The van der Waals surface area contributed by atoms with Crippen molar-refractivity contribution >= 4 is 43.2 Å². The highest BCUT2D eigenvalue weighted by molar-refractivity contribution is 7.92. The molecule has 2 saturated carbocycles. The van der Waals surface area contributed by atoms with Crippen LogP contribution in [0.3, 0.4) is 0 Å². The lowest BCUT2D eigenvalue weighted by molar-refractivity contribution is -0.154. The summed E-state index contributed by atoms with van der Waals surface area (Å²) in [5.41, 5.74) is 0.284. The number of fused-ring (bicyclic) bond motifs is 6. The highest BCUT2D eigenvalue weighted by atomic mass is 32.2. The normalized spacial score (nSPS) is 33.2. The number of carbonyl (C=O) groups excluding carboxylic acids is 1. The number of likely N-dealkylation sites (tertiary alicyclic amines) is 1. The van der Waals surface area contributed by atoms with Gasteiger partial charge in [-0.3, -0.25) is 9.52 Å². The van der Waals surface area contributed by atoms with Crippen molar-refractivity contribution in [3.05, 3.63) is 18.2 Å². The van der Waals surface area contributed by atoms with Crippen molar-refractivity contribution in [1.82, 2.24) is 4.90 Å². The van der Waals surface area contributed by atoms with Crippen molar-refractivity contribution < 1.29 is 26.7 Å². The minimum Gasteiger partial charge on any atom is -0.391 e. The van der Waals surface area contributed by atoms with Crippen LogP contribution in [0.4, 0.5) is 11.4 Å². The third kappa shape index (κ3) is 4.33. The molecule has 2 unspecified atom stereocenters. The van der Waals surface area contributed by atoms with Gasteiger partial charge in [-0.05, 0) is 61.6 Å². The maximum absolute atomic E-state index is 13.8. The first-order chi connectivity index (χ1) is 16.4. The first-order valence-corrected chi connectivity index (χ1v) is 15.4. The number of aliphatic hydroxyl groups is 1. The molecule has 1 amide bonds. The van der Waals surface area contributed by atoms with Crippen LogP contribution in [0.2, 0.25) is 0 Å². The molecule has 4 aliphatic rings. The van der Waals surface area contributed by atoms with E-state index in [2.05, 4.69) is 28.3 Å². The van der Waals surface area contributed by atoms with Crippen LogP contribution >= 0.6 is 0 Å². The van der Waals surface area contributed by atoms with Gasteiger partial charge in [0.15, 0.2) is 0 Å². The van der Waals surface area contributed by atoms with Gasteiger partial charge in [0.1, 0.15) is 16.6 Å². The quantitative estimate of drug-likeness (QED) is 0.515. The standard InChI is InChI=1S/C23H32N4O6S2/c1-12(2)8-9-27-20-14-5-4-13(10-14)18(20)21(28)19(23(27)29)22-24-16-7-6-15(25-34(3,30)31)11-17(16)35(32,33)26-22/h6-7,11-14,18-21,25,28H,4-5,8-10H2,1-3H3,(H,24,26)/t13-,14+,18+,19?,20-,21?/m0/s1. The number of hydrogen-bond donors (Lipinski definition) is 3. The molecule has 12 heteroatoms.